The number of hydrogen-bond acceptors (Lipinski definition) is 2. The molecule has 1 aromatic heterocycles. The lowest BCUT2D eigenvalue weighted by molar-refractivity contribution is 0.387. The van der Waals surface area contributed by atoms with Crippen molar-refractivity contribution in [2.75, 3.05) is 6.54 Å². The molecular weight excluding hydrogens is 258 g/mol. The van der Waals surface area contributed by atoms with Gasteiger partial charge < -0.3 is 9.88 Å². The van der Waals surface area contributed by atoms with E-state index in [1.807, 2.05) is 12.1 Å². The van der Waals surface area contributed by atoms with Crippen molar-refractivity contribution in [2.45, 2.75) is 44.2 Å². The Bertz CT molecular complexity index is 609. The number of benzene rings is 1. The van der Waals surface area contributed by atoms with Gasteiger partial charge in [-0.05, 0) is 44.4 Å². The lowest BCUT2D eigenvalue weighted by atomic mass is 10.0. The van der Waals surface area contributed by atoms with Gasteiger partial charge in [-0.3, -0.25) is 0 Å². The highest BCUT2D eigenvalue weighted by molar-refractivity contribution is 6.35. The fourth-order valence-corrected chi connectivity index (χ4v) is 3.41. The molecule has 100 valence electrons. The molecule has 4 heteroatoms. The zero-order valence-electron chi connectivity index (χ0n) is 10.9. The number of nitrogens with one attached hydrogen (secondary N) is 1. The molecule has 0 spiro atoms. The maximum absolute atomic E-state index is 6.41. The molecule has 1 saturated carbocycles. The van der Waals surface area contributed by atoms with Crippen LogP contribution in [0.1, 0.15) is 50.0 Å². The van der Waals surface area contributed by atoms with Crippen LogP contribution in [0.2, 0.25) is 5.02 Å². The summed E-state index contributed by atoms with van der Waals surface area (Å²) in [6, 6.07) is 7.06. The number of imidazole rings is 1. The maximum atomic E-state index is 6.41. The summed E-state index contributed by atoms with van der Waals surface area (Å²) in [5, 5.41) is 4.44. The first-order valence-electron chi connectivity index (χ1n) is 7.24. The molecule has 1 unspecified atom stereocenters. The summed E-state index contributed by atoms with van der Waals surface area (Å²) in [5.41, 5.74) is 2.18. The summed E-state index contributed by atoms with van der Waals surface area (Å²) in [7, 11) is 0. The van der Waals surface area contributed by atoms with Gasteiger partial charge in [-0.2, -0.15) is 0 Å². The molecule has 2 aromatic rings. The second kappa shape index (κ2) is 4.50. The SMILES string of the molecule is Clc1cccc2nc(C3CCCCN3)n(C3CC3)c12. The Morgan fingerprint density at radius 1 is 1.21 bits per heavy atom. The number of piperidine rings is 1. The fourth-order valence-electron chi connectivity index (χ4n) is 3.14. The average Bonchev–Trinajstić information content (AvgIpc) is 3.20. The van der Waals surface area contributed by atoms with Crippen molar-refractivity contribution in [2.24, 2.45) is 0 Å². The molecule has 4 rings (SSSR count). The van der Waals surface area contributed by atoms with Crippen molar-refractivity contribution >= 4 is 22.6 Å². The number of hydrogen-bond donors (Lipinski definition) is 1. The largest absolute Gasteiger partial charge is 0.322 e. The predicted molar refractivity (Wildman–Crippen MR) is 77.6 cm³/mol. The number of fused-ring (bicyclic) bond motifs is 1. The van der Waals surface area contributed by atoms with Gasteiger partial charge in [0.15, 0.2) is 0 Å². The van der Waals surface area contributed by atoms with Crippen LogP contribution in [0, 0.1) is 0 Å². The molecule has 2 aliphatic rings. The van der Waals surface area contributed by atoms with Crippen LogP contribution in [0.4, 0.5) is 0 Å². The third kappa shape index (κ3) is 1.96. The van der Waals surface area contributed by atoms with Gasteiger partial charge in [0.1, 0.15) is 5.82 Å². The van der Waals surface area contributed by atoms with Crippen molar-refractivity contribution in [3.05, 3.63) is 29.0 Å². The molecule has 1 saturated heterocycles. The fraction of sp³-hybridized carbons (Fsp3) is 0.533. The molecule has 19 heavy (non-hydrogen) atoms. The zero-order chi connectivity index (χ0) is 12.8. The third-order valence-corrected chi connectivity index (χ3v) is 4.53. The van der Waals surface area contributed by atoms with E-state index in [1.54, 1.807) is 0 Å². The smallest absolute Gasteiger partial charge is 0.127 e. The van der Waals surface area contributed by atoms with Gasteiger partial charge >= 0.3 is 0 Å². The lowest BCUT2D eigenvalue weighted by Gasteiger charge is -2.24. The molecule has 1 atom stereocenters. The highest BCUT2D eigenvalue weighted by atomic mass is 35.5. The van der Waals surface area contributed by atoms with Crippen LogP contribution >= 0.6 is 11.6 Å². The Hall–Kier alpha value is -1.06. The van der Waals surface area contributed by atoms with E-state index >= 15 is 0 Å². The number of nitrogens with zero attached hydrogens (tertiary/aromatic N) is 2. The van der Waals surface area contributed by atoms with Gasteiger partial charge in [0.25, 0.3) is 0 Å². The summed E-state index contributed by atoms with van der Waals surface area (Å²) in [6.07, 6.45) is 6.28. The monoisotopic (exact) mass is 275 g/mol. The topological polar surface area (TPSA) is 29.9 Å². The first kappa shape index (κ1) is 11.7. The highest BCUT2D eigenvalue weighted by Gasteiger charge is 2.32. The molecule has 1 aliphatic heterocycles. The van der Waals surface area contributed by atoms with E-state index in [2.05, 4.69) is 16.0 Å². The Balaban J connectivity index is 1.89. The van der Waals surface area contributed by atoms with E-state index in [4.69, 9.17) is 16.6 Å². The van der Waals surface area contributed by atoms with E-state index in [-0.39, 0.29) is 0 Å². The van der Waals surface area contributed by atoms with Crippen LogP contribution in [-0.4, -0.2) is 16.1 Å². The Kier molecular flexibility index (Phi) is 2.78. The Morgan fingerprint density at radius 2 is 2.11 bits per heavy atom. The molecule has 2 fully saturated rings. The molecule has 0 amide bonds. The van der Waals surface area contributed by atoms with Gasteiger partial charge in [0, 0.05) is 6.04 Å². The third-order valence-electron chi connectivity index (χ3n) is 4.22. The molecule has 1 aromatic carbocycles. The number of halogens is 1. The van der Waals surface area contributed by atoms with Crippen LogP contribution in [0.25, 0.3) is 11.0 Å². The lowest BCUT2D eigenvalue weighted by Crippen LogP contribution is -2.29. The van der Waals surface area contributed by atoms with Crippen molar-refractivity contribution in [1.29, 1.82) is 0 Å². The minimum atomic E-state index is 0.401. The second-order valence-electron chi connectivity index (χ2n) is 5.68. The van der Waals surface area contributed by atoms with Crippen LogP contribution in [0.3, 0.4) is 0 Å². The molecule has 1 aliphatic carbocycles. The summed E-state index contributed by atoms with van der Waals surface area (Å²) >= 11 is 6.41. The molecule has 0 bridgehead atoms. The van der Waals surface area contributed by atoms with Crippen LogP contribution < -0.4 is 5.32 Å². The molecular formula is C15H18ClN3. The summed E-state index contributed by atoms with van der Waals surface area (Å²) in [6.45, 7) is 1.10. The summed E-state index contributed by atoms with van der Waals surface area (Å²) in [5.74, 6) is 1.20. The first-order chi connectivity index (χ1) is 9.34. The van der Waals surface area contributed by atoms with Gasteiger partial charge in [0.05, 0.1) is 22.1 Å². The van der Waals surface area contributed by atoms with E-state index in [0.717, 1.165) is 22.6 Å². The summed E-state index contributed by atoms with van der Waals surface area (Å²) < 4.78 is 2.40. The second-order valence-corrected chi connectivity index (χ2v) is 6.09. The van der Waals surface area contributed by atoms with Crippen LogP contribution in [0.5, 0.6) is 0 Å². The van der Waals surface area contributed by atoms with Crippen molar-refractivity contribution < 1.29 is 0 Å². The summed E-state index contributed by atoms with van der Waals surface area (Å²) in [4.78, 5) is 4.87. The van der Waals surface area contributed by atoms with Gasteiger partial charge in [0.2, 0.25) is 0 Å². The van der Waals surface area contributed by atoms with Gasteiger partial charge in [-0.15, -0.1) is 0 Å². The van der Waals surface area contributed by atoms with E-state index in [9.17, 15) is 0 Å². The molecule has 1 N–H and O–H groups in total. The van der Waals surface area contributed by atoms with Crippen LogP contribution in [-0.2, 0) is 0 Å². The number of aromatic nitrogens is 2. The van der Waals surface area contributed by atoms with Crippen molar-refractivity contribution in [3.8, 4) is 0 Å². The first-order valence-corrected chi connectivity index (χ1v) is 7.62. The standard InChI is InChI=1S/C15H18ClN3/c16-11-4-3-6-12-14(11)19(10-7-8-10)15(18-12)13-5-1-2-9-17-13/h3-4,6,10,13,17H,1-2,5,7-9H2. The quantitative estimate of drug-likeness (QED) is 0.902. The van der Waals surface area contributed by atoms with E-state index in [1.165, 1.54) is 37.9 Å². The minimum absolute atomic E-state index is 0.401. The minimum Gasteiger partial charge on any atom is -0.322 e. The normalized spacial score (nSPS) is 23.9. The van der Waals surface area contributed by atoms with Crippen LogP contribution in [0.15, 0.2) is 18.2 Å². The molecule has 0 radical (unpaired) electrons. The maximum Gasteiger partial charge on any atom is 0.127 e. The zero-order valence-corrected chi connectivity index (χ0v) is 11.7. The molecule has 3 nitrogen and oxygen atoms in total. The Morgan fingerprint density at radius 3 is 2.84 bits per heavy atom. The number of para-hydroxylation sites is 1. The average molecular weight is 276 g/mol. The van der Waals surface area contributed by atoms with Crippen molar-refractivity contribution in [1.82, 2.24) is 14.9 Å². The van der Waals surface area contributed by atoms with E-state index in [0.29, 0.717) is 12.1 Å². The van der Waals surface area contributed by atoms with Crippen molar-refractivity contribution in [3.63, 3.8) is 0 Å². The number of rotatable bonds is 2. The Labute approximate surface area is 118 Å². The predicted octanol–water partition coefficient (Wildman–Crippen LogP) is 3.84. The van der Waals surface area contributed by atoms with Gasteiger partial charge in [-0.25, -0.2) is 4.98 Å². The molecule has 2 heterocycles. The van der Waals surface area contributed by atoms with Gasteiger partial charge in [-0.1, -0.05) is 24.1 Å². The highest BCUT2D eigenvalue weighted by Crippen LogP contribution is 2.42. The van der Waals surface area contributed by atoms with E-state index < -0.39 is 0 Å².